The van der Waals surface area contributed by atoms with Crippen LogP contribution in [0.25, 0.3) is 0 Å². The molecule has 0 spiro atoms. The highest BCUT2D eigenvalue weighted by Gasteiger charge is 2.07. The summed E-state index contributed by atoms with van der Waals surface area (Å²) in [6.45, 7) is 2.35. The van der Waals surface area contributed by atoms with Crippen molar-refractivity contribution in [1.82, 2.24) is 5.32 Å². The molecule has 0 aromatic carbocycles. The van der Waals surface area contributed by atoms with Gasteiger partial charge in [0.2, 0.25) is 0 Å². The van der Waals surface area contributed by atoms with Crippen LogP contribution in [-0.4, -0.2) is 18.5 Å². The zero-order valence-corrected chi connectivity index (χ0v) is 8.53. The van der Waals surface area contributed by atoms with Gasteiger partial charge in [-0.25, -0.2) is 4.79 Å². The van der Waals surface area contributed by atoms with Gasteiger partial charge in [-0.05, 0) is 12.5 Å². The predicted octanol–water partition coefficient (Wildman–Crippen LogP) is 0.107. The molecule has 1 aromatic heterocycles. The van der Waals surface area contributed by atoms with E-state index in [4.69, 9.17) is 5.73 Å². The van der Waals surface area contributed by atoms with E-state index >= 15 is 0 Å². The van der Waals surface area contributed by atoms with Gasteiger partial charge < -0.3 is 15.5 Å². The molecule has 0 saturated carbocycles. The summed E-state index contributed by atoms with van der Waals surface area (Å²) in [5.41, 5.74) is 5.48. The van der Waals surface area contributed by atoms with Crippen molar-refractivity contribution >= 4 is 5.91 Å². The molecule has 1 amide bonds. The second kappa shape index (κ2) is 5.31. The molecule has 0 aliphatic rings. The molecule has 15 heavy (non-hydrogen) atoms. The van der Waals surface area contributed by atoms with Crippen LogP contribution in [-0.2, 0) is 0 Å². The lowest BCUT2D eigenvalue weighted by Crippen LogP contribution is -2.36. The molecular formula is C10H14N2O3. The smallest absolute Gasteiger partial charge is 0.335 e. The van der Waals surface area contributed by atoms with Crippen LogP contribution in [0.4, 0.5) is 0 Å². The molecule has 5 nitrogen and oxygen atoms in total. The van der Waals surface area contributed by atoms with Crippen LogP contribution in [0, 0.1) is 0 Å². The molecule has 0 radical (unpaired) electrons. The van der Waals surface area contributed by atoms with Gasteiger partial charge in [-0.3, -0.25) is 4.79 Å². The molecule has 0 aliphatic heterocycles. The summed E-state index contributed by atoms with van der Waals surface area (Å²) in [6, 6.07) is 2.57. The fraction of sp³-hybridized carbons (Fsp3) is 0.400. The maximum Gasteiger partial charge on any atom is 0.335 e. The van der Waals surface area contributed by atoms with Crippen molar-refractivity contribution < 1.29 is 9.21 Å². The lowest BCUT2D eigenvalue weighted by atomic mass is 10.2. The quantitative estimate of drug-likeness (QED) is 0.738. The Morgan fingerprint density at radius 2 is 2.33 bits per heavy atom. The Morgan fingerprint density at radius 3 is 2.87 bits per heavy atom. The summed E-state index contributed by atoms with van der Waals surface area (Å²) in [4.78, 5) is 22.1. The number of nitrogens with two attached hydrogens (primary N) is 1. The highest BCUT2D eigenvalue weighted by Crippen LogP contribution is 1.95. The Morgan fingerprint density at radius 1 is 1.60 bits per heavy atom. The molecule has 0 saturated heterocycles. The van der Waals surface area contributed by atoms with E-state index in [1.807, 2.05) is 6.92 Å². The first-order chi connectivity index (χ1) is 7.13. The maximum atomic E-state index is 11.4. The second-order valence-electron chi connectivity index (χ2n) is 3.22. The largest absolute Gasteiger partial charge is 0.430 e. The first kappa shape index (κ1) is 11.5. The maximum absolute atomic E-state index is 11.4. The Bertz CT molecular complexity index is 366. The number of carbonyl (C=O) groups excluding carboxylic acids is 1. The van der Waals surface area contributed by atoms with Crippen LogP contribution >= 0.6 is 0 Å². The third-order valence-electron chi connectivity index (χ3n) is 2.01. The molecule has 1 atom stereocenters. The Labute approximate surface area is 87.3 Å². The van der Waals surface area contributed by atoms with Crippen molar-refractivity contribution in [2.45, 2.75) is 19.4 Å². The summed E-state index contributed by atoms with van der Waals surface area (Å²) in [5, 5.41) is 2.64. The molecule has 1 unspecified atom stereocenters. The minimum atomic E-state index is -0.475. The molecule has 1 rings (SSSR count). The Kier molecular flexibility index (Phi) is 4.05. The van der Waals surface area contributed by atoms with Gasteiger partial charge in [0.05, 0.1) is 5.56 Å². The number of hydrogen-bond donors (Lipinski definition) is 2. The minimum absolute atomic E-state index is 0.0512. The van der Waals surface area contributed by atoms with E-state index in [1.165, 1.54) is 12.1 Å². The summed E-state index contributed by atoms with van der Waals surface area (Å²) in [5.74, 6) is -0.289. The molecule has 0 aliphatic carbocycles. The number of amides is 1. The van der Waals surface area contributed by atoms with E-state index in [0.717, 1.165) is 12.7 Å². The summed E-state index contributed by atoms with van der Waals surface area (Å²) >= 11 is 0. The zero-order chi connectivity index (χ0) is 11.3. The number of hydrogen-bond acceptors (Lipinski definition) is 4. The van der Waals surface area contributed by atoms with Crippen molar-refractivity contribution in [1.29, 1.82) is 0 Å². The fourth-order valence-corrected chi connectivity index (χ4v) is 0.957. The number of carbonyl (C=O) groups is 1. The van der Waals surface area contributed by atoms with Crippen LogP contribution in [0.15, 0.2) is 27.6 Å². The third-order valence-corrected chi connectivity index (χ3v) is 2.01. The molecular weight excluding hydrogens is 196 g/mol. The average molecular weight is 210 g/mol. The number of rotatable bonds is 4. The van der Waals surface area contributed by atoms with E-state index < -0.39 is 5.63 Å². The van der Waals surface area contributed by atoms with Crippen molar-refractivity contribution in [3.63, 3.8) is 0 Å². The first-order valence-electron chi connectivity index (χ1n) is 4.76. The van der Waals surface area contributed by atoms with Gasteiger partial charge in [0, 0.05) is 18.7 Å². The normalized spacial score (nSPS) is 12.1. The first-order valence-corrected chi connectivity index (χ1v) is 4.76. The lowest BCUT2D eigenvalue weighted by molar-refractivity contribution is 0.0948. The van der Waals surface area contributed by atoms with Gasteiger partial charge >= 0.3 is 5.63 Å². The molecule has 5 heteroatoms. The van der Waals surface area contributed by atoms with Crippen LogP contribution in [0.3, 0.4) is 0 Å². The van der Waals surface area contributed by atoms with E-state index in [1.54, 1.807) is 0 Å². The molecule has 82 valence electrons. The number of nitrogens with one attached hydrogen (secondary N) is 1. The second-order valence-corrected chi connectivity index (χ2v) is 3.22. The Balaban J connectivity index is 2.54. The summed E-state index contributed by atoms with van der Waals surface area (Å²) < 4.78 is 4.56. The summed E-state index contributed by atoms with van der Waals surface area (Å²) in [7, 11) is 0. The van der Waals surface area contributed by atoms with Crippen LogP contribution in [0.5, 0.6) is 0 Å². The van der Waals surface area contributed by atoms with E-state index in [2.05, 4.69) is 9.73 Å². The van der Waals surface area contributed by atoms with E-state index in [0.29, 0.717) is 12.1 Å². The predicted molar refractivity (Wildman–Crippen MR) is 55.6 cm³/mol. The van der Waals surface area contributed by atoms with Crippen LogP contribution < -0.4 is 16.7 Å². The standard InChI is InChI=1S/C10H14N2O3/c1-2-8(11)5-12-10(14)7-3-4-9(13)15-6-7/h3-4,6,8H,2,5,11H2,1H3,(H,12,14). The van der Waals surface area contributed by atoms with E-state index in [-0.39, 0.29) is 11.9 Å². The molecule has 0 fully saturated rings. The van der Waals surface area contributed by atoms with Crippen molar-refractivity contribution in [3.8, 4) is 0 Å². The summed E-state index contributed by atoms with van der Waals surface area (Å²) in [6.07, 6.45) is 1.93. The van der Waals surface area contributed by atoms with Gasteiger partial charge in [0.1, 0.15) is 6.26 Å². The van der Waals surface area contributed by atoms with E-state index in [9.17, 15) is 9.59 Å². The van der Waals surface area contributed by atoms with Gasteiger partial charge in [-0.15, -0.1) is 0 Å². The topological polar surface area (TPSA) is 85.3 Å². The van der Waals surface area contributed by atoms with Crippen molar-refractivity contribution in [2.24, 2.45) is 5.73 Å². The Hall–Kier alpha value is -1.62. The van der Waals surface area contributed by atoms with Gasteiger partial charge in [0.25, 0.3) is 5.91 Å². The molecule has 0 bridgehead atoms. The van der Waals surface area contributed by atoms with Crippen LogP contribution in [0.2, 0.25) is 0 Å². The monoisotopic (exact) mass is 210 g/mol. The molecule has 3 N–H and O–H groups in total. The van der Waals surface area contributed by atoms with Gasteiger partial charge in [-0.1, -0.05) is 6.92 Å². The SMILES string of the molecule is CCC(N)CNC(=O)c1ccc(=O)oc1. The van der Waals surface area contributed by atoms with Crippen molar-refractivity contribution in [2.75, 3.05) is 6.54 Å². The zero-order valence-electron chi connectivity index (χ0n) is 8.53. The third kappa shape index (κ3) is 3.55. The van der Waals surface area contributed by atoms with Gasteiger partial charge in [0.15, 0.2) is 0 Å². The van der Waals surface area contributed by atoms with Gasteiger partial charge in [-0.2, -0.15) is 0 Å². The van der Waals surface area contributed by atoms with Crippen LogP contribution in [0.1, 0.15) is 23.7 Å². The van der Waals surface area contributed by atoms with Crippen molar-refractivity contribution in [3.05, 3.63) is 34.4 Å². The molecule has 1 aromatic rings. The fourth-order valence-electron chi connectivity index (χ4n) is 0.957. The molecule has 1 heterocycles. The highest BCUT2D eigenvalue weighted by molar-refractivity contribution is 5.93. The highest BCUT2D eigenvalue weighted by atomic mass is 16.4. The average Bonchev–Trinajstić information content (AvgIpc) is 2.26. The minimum Gasteiger partial charge on any atom is -0.430 e. The lowest BCUT2D eigenvalue weighted by Gasteiger charge is -2.09.